The van der Waals surface area contributed by atoms with Gasteiger partial charge in [-0.3, -0.25) is 0 Å². The second kappa shape index (κ2) is 9.01. The standard InChI is InChI=1S/C21H24N4O4/c1-13-6-7-16(26-2)15(10-13)24-19-8-9-22-21(25-19)23-14-11-17(27-3)20(29-5)18(12-14)28-4/h6-12H,1-5H3,(H2,22,23,24,25). The highest BCUT2D eigenvalue weighted by molar-refractivity contribution is 5.68. The van der Waals surface area contributed by atoms with Crippen molar-refractivity contribution in [2.45, 2.75) is 6.92 Å². The van der Waals surface area contributed by atoms with Crippen molar-refractivity contribution in [3.05, 3.63) is 48.2 Å². The first-order valence-corrected chi connectivity index (χ1v) is 8.89. The summed E-state index contributed by atoms with van der Waals surface area (Å²) in [5.74, 6) is 3.35. The van der Waals surface area contributed by atoms with Crippen LogP contribution in [0.15, 0.2) is 42.6 Å². The first-order chi connectivity index (χ1) is 14.1. The van der Waals surface area contributed by atoms with Gasteiger partial charge in [0.1, 0.15) is 11.6 Å². The van der Waals surface area contributed by atoms with E-state index in [2.05, 4.69) is 20.6 Å². The van der Waals surface area contributed by atoms with Crippen molar-refractivity contribution < 1.29 is 18.9 Å². The van der Waals surface area contributed by atoms with Gasteiger partial charge in [-0.25, -0.2) is 4.98 Å². The molecule has 0 saturated carbocycles. The van der Waals surface area contributed by atoms with Crippen LogP contribution in [0.25, 0.3) is 0 Å². The van der Waals surface area contributed by atoms with Gasteiger partial charge in [0.25, 0.3) is 0 Å². The highest BCUT2D eigenvalue weighted by Crippen LogP contribution is 2.40. The number of anilines is 4. The summed E-state index contributed by atoms with van der Waals surface area (Å²) >= 11 is 0. The number of nitrogens with one attached hydrogen (secondary N) is 2. The Balaban J connectivity index is 1.86. The molecule has 0 unspecified atom stereocenters. The summed E-state index contributed by atoms with van der Waals surface area (Å²) in [6, 6.07) is 11.2. The van der Waals surface area contributed by atoms with E-state index in [0.717, 1.165) is 17.0 Å². The van der Waals surface area contributed by atoms with Crippen molar-refractivity contribution in [3.8, 4) is 23.0 Å². The van der Waals surface area contributed by atoms with E-state index < -0.39 is 0 Å². The molecule has 0 aliphatic heterocycles. The van der Waals surface area contributed by atoms with E-state index >= 15 is 0 Å². The van der Waals surface area contributed by atoms with Crippen molar-refractivity contribution in [3.63, 3.8) is 0 Å². The molecule has 0 radical (unpaired) electrons. The maximum Gasteiger partial charge on any atom is 0.229 e. The van der Waals surface area contributed by atoms with Crippen LogP contribution < -0.4 is 29.6 Å². The van der Waals surface area contributed by atoms with Crippen LogP contribution in [0.4, 0.5) is 23.1 Å². The molecule has 0 saturated heterocycles. The molecule has 29 heavy (non-hydrogen) atoms. The minimum Gasteiger partial charge on any atom is -0.495 e. The van der Waals surface area contributed by atoms with Crippen molar-refractivity contribution in [1.82, 2.24) is 9.97 Å². The minimum atomic E-state index is 0.413. The Labute approximate surface area is 169 Å². The zero-order valence-corrected chi connectivity index (χ0v) is 17.1. The maximum atomic E-state index is 5.41. The number of rotatable bonds is 8. The van der Waals surface area contributed by atoms with Crippen LogP contribution >= 0.6 is 0 Å². The van der Waals surface area contributed by atoms with E-state index in [1.54, 1.807) is 52.8 Å². The fraction of sp³-hybridized carbons (Fsp3) is 0.238. The molecular weight excluding hydrogens is 372 g/mol. The van der Waals surface area contributed by atoms with E-state index in [4.69, 9.17) is 18.9 Å². The van der Waals surface area contributed by atoms with E-state index in [1.807, 2.05) is 25.1 Å². The Morgan fingerprint density at radius 1 is 0.759 bits per heavy atom. The van der Waals surface area contributed by atoms with Crippen molar-refractivity contribution in [2.75, 3.05) is 39.1 Å². The lowest BCUT2D eigenvalue weighted by molar-refractivity contribution is 0.324. The molecule has 8 heteroatoms. The summed E-state index contributed by atoms with van der Waals surface area (Å²) in [6.45, 7) is 2.02. The molecule has 3 rings (SSSR count). The van der Waals surface area contributed by atoms with Crippen molar-refractivity contribution in [1.29, 1.82) is 0 Å². The molecular formula is C21H24N4O4. The molecule has 1 heterocycles. The molecule has 0 atom stereocenters. The summed E-state index contributed by atoms with van der Waals surface area (Å²) in [5.41, 5.74) is 2.63. The zero-order valence-electron chi connectivity index (χ0n) is 17.1. The zero-order chi connectivity index (χ0) is 20.8. The Morgan fingerprint density at radius 3 is 2.07 bits per heavy atom. The lowest BCUT2D eigenvalue weighted by Gasteiger charge is -2.15. The highest BCUT2D eigenvalue weighted by Gasteiger charge is 2.14. The smallest absolute Gasteiger partial charge is 0.229 e. The molecule has 2 N–H and O–H groups in total. The molecule has 3 aromatic rings. The number of benzene rings is 2. The van der Waals surface area contributed by atoms with Crippen LogP contribution in [0.1, 0.15) is 5.56 Å². The van der Waals surface area contributed by atoms with Gasteiger partial charge in [-0.05, 0) is 30.7 Å². The number of ether oxygens (including phenoxy) is 4. The minimum absolute atomic E-state index is 0.413. The van der Waals surface area contributed by atoms with Crippen LogP contribution in [0.3, 0.4) is 0 Å². The third-order valence-electron chi connectivity index (χ3n) is 4.19. The fourth-order valence-corrected chi connectivity index (χ4v) is 2.83. The Kier molecular flexibility index (Phi) is 6.23. The molecule has 0 bridgehead atoms. The molecule has 0 amide bonds. The summed E-state index contributed by atoms with van der Waals surface area (Å²) < 4.78 is 21.5. The van der Waals surface area contributed by atoms with Crippen LogP contribution in [-0.2, 0) is 0 Å². The normalized spacial score (nSPS) is 10.2. The molecule has 152 valence electrons. The predicted molar refractivity (Wildman–Crippen MR) is 112 cm³/mol. The van der Waals surface area contributed by atoms with Gasteiger partial charge in [0.15, 0.2) is 11.5 Å². The Morgan fingerprint density at radius 2 is 1.45 bits per heavy atom. The number of hydrogen-bond acceptors (Lipinski definition) is 8. The third-order valence-corrected chi connectivity index (χ3v) is 4.19. The van der Waals surface area contributed by atoms with Crippen LogP contribution in [0.5, 0.6) is 23.0 Å². The average Bonchev–Trinajstić information content (AvgIpc) is 2.73. The lowest BCUT2D eigenvalue weighted by Crippen LogP contribution is -2.02. The van der Waals surface area contributed by atoms with Crippen LogP contribution in [-0.4, -0.2) is 38.4 Å². The van der Waals surface area contributed by atoms with Gasteiger partial charge >= 0.3 is 0 Å². The maximum absolute atomic E-state index is 5.41. The lowest BCUT2D eigenvalue weighted by atomic mass is 10.2. The fourth-order valence-electron chi connectivity index (χ4n) is 2.83. The molecule has 8 nitrogen and oxygen atoms in total. The topological polar surface area (TPSA) is 86.8 Å². The van der Waals surface area contributed by atoms with E-state index in [9.17, 15) is 0 Å². The Bertz CT molecular complexity index is 969. The first-order valence-electron chi connectivity index (χ1n) is 8.89. The van der Waals surface area contributed by atoms with E-state index in [-0.39, 0.29) is 0 Å². The number of methoxy groups -OCH3 is 4. The van der Waals surface area contributed by atoms with Gasteiger partial charge in [-0.2, -0.15) is 4.98 Å². The quantitative estimate of drug-likeness (QED) is 0.583. The number of nitrogens with zero attached hydrogens (tertiary/aromatic N) is 2. The van der Waals surface area contributed by atoms with Gasteiger partial charge in [0, 0.05) is 24.0 Å². The second-order valence-corrected chi connectivity index (χ2v) is 6.13. The number of hydrogen-bond donors (Lipinski definition) is 2. The molecule has 0 spiro atoms. The molecule has 1 aromatic heterocycles. The summed E-state index contributed by atoms with van der Waals surface area (Å²) in [6.07, 6.45) is 1.66. The molecule has 2 aromatic carbocycles. The van der Waals surface area contributed by atoms with Crippen molar-refractivity contribution >= 4 is 23.1 Å². The molecule has 0 aliphatic carbocycles. The SMILES string of the molecule is COc1ccc(C)cc1Nc1ccnc(Nc2cc(OC)c(OC)c(OC)c2)n1. The summed E-state index contributed by atoms with van der Waals surface area (Å²) in [4.78, 5) is 8.80. The second-order valence-electron chi connectivity index (χ2n) is 6.13. The largest absolute Gasteiger partial charge is 0.495 e. The third kappa shape index (κ3) is 4.60. The first kappa shape index (κ1) is 20.1. The Hall–Kier alpha value is -3.68. The average molecular weight is 396 g/mol. The van der Waals surface area contributed by atoms with Gasteiger partial charge in [0.05, 0.1) is 34.1 Å². The molecule has 0 aliphatic rings. The highest BCUT2D eigenvalue weighted by atomic mass is 16.5. The predicted octanol–water partition coefficient (Wildman–Crippen LogP) is 4.31. The van der Waals surface area contributed by atoms with E-state index in [0.29, 0.717) is 34.7 Å². The summed E-state index contributed by atoms with van der Waals surface area (Å²) in [7, 11) is 6.33. The van der Waals surface area contributed by atoms with Crippen LogP contribution in [0, 0.1) is 6.92 Å². The van der Waals surface area contributed by atoms with Gasteiger partial charge in [0.2, 0.25) is 11.7 Å². The van der Waals surface area contributed by atoms with E-state index in [1.165, 1.54) is 0 Å². The summed E-state index contributed by atoms with van der Waals surface area (Å²) in [5, 5.41) is 6.43. The molecule has 0 fully saturated rings. The number of aryl methyl sites for hydroxylation is 1. The van der Waals surface area contributed by atoms with Gasteiger partial charge in [-0.15, -0.1) is 0 Å². The number of aromatic nitrogens is 2. The van der Waals surface area contributed by atoms with Gasteiger partial charge in [-0.1, -0.05) is 6.07 Å². The van der Waals surface area contributed by atoms with Gasteiger partial charge < -0.3 is 29.6 Å². The van der Waals surface area contributed by atoms with Crippen LogP contribution in [0.2, 0.25) is 0 Å². The monoisotopic (exact) mass is 396 g/mol. The van der Waals surface area contributed by atoms with Crippen molar-refractivity contribution in [2.24, 2.45) is 0 Å².